The summed E-state index contributed by atoms with van der Waals surface area (Å²) in [6.45, 7) is 0.371. The average molecular weight is 211 g/mol. The maximum atomic E-state index is 13.3. The fourth-order valence-corrected chi connectivity index (χ4v) is 1.44. The van der Waals surface area contributed by atoms with Gasteiger partial charge in [0, 0.05) is 24.9 Å². The first-order valence-electron chi connectivity index (χ1n) is 4.43. The highest BCUT2D eigenvalue weighted by Crippen LogP contribution is 2.25. The second kappa shape index (κ2) is 3.81. The molecule has 15 heavy (non-hydrogen) atoms. The van der Waals surface area contributed by atoms with Gasteiger partial charge >= 0.3 is 0 Å². The van der Waals surface area contributed by atoms with E-state index in [1.807, 2.05) is 0 Å². The Bertz CT molecular complexity index is 414. The number of allylic oxidation sites excluding steroid dienone is 2. The normalized spacial score (nSPS) is 14.7. The molecule has 0 atom stereocenters. The molecule has 78 valence electrons. The van der Waals surface area contributed by atoms with Crippen LogP contribution >= 0.6 is 0 Å². The Morgan fingerprint density at radius 2 is 1.67 bits per heavy atom. The first-order chi connectivity index (χ1) is 7.18. The maximum absolute atomic E-state index is 13.3. The second-order valence-corrected chi connectivity index (χ2v) is 3.14. The summed E-state index contributed by atoms with van der Waals surface area (Å²) in [6, 6.07) is 1.34. The molecule has 1 aliphatic rings. The van der Waals surface area contributed by atoms with E-state index in [0.717, 1.165) is 0 Å². The number of rotatable bonds is 1. The van der Waals surface area contributed by atoms with E-state index in [1.165, 1.54) is 4.90 Å². The molecular weight excluding hydrogens is 203 g/mol. The molecule has 0 fully saturated rings. The smallest absolute Gasteiger partial charge is 0.152 e. The van der Waals surface area contributed by atoms with Gasteiger partial charge in [0.25, 0.3) is 0 Å². The van der Waals surface area contributed by atoms with Crippen LogP contribution in [0.1, 0.15) is 0 Å². The number of hydrogen-bond donors (Lipinski definition) is 0. The van der Waals surface area contributed by atoms with Crippen LogP contribution < -0.4 is 4.90 Å². The molecule has 0 saturated carbocycles. The van der Waals surface area contributed by atoms with Crippen LogP contribution in [0, 0.1) is 17.5 Å². The second-order valence-electron chi connectivity index (χ2n) is 3.14. The van der Waals surface area contributed by atoms with Crippen molar-refractivity contribution in [2.24, 2.45) is 0 Å². The molecule has 0 aliphatic carbocycles. The summed E-state index contributed by atoms with van der Waals surface area (Å²) in [7, 11) is 0. The van der Waals surface area contributed by atoms with Crippen LogP contribution in [0.2, 0.25) is 0 Å². The molecule has 2 rings (SSSR count). The van der Waals surface area contributed by atoms with E-state index in [0.29, 0.717) is 18.7 Å². The Morgan fingerprint density at radius 3 is 2.20 bits per heavy atom. The minimum Gasteiger partial charge on any atom is -0.339 e. The van der Waals surface area contributed by atoms with E-state index in [4.69, 9.17) is 0 Å². The van der Waals surface area contributed by atoms with Crippen molar-refractivity contribution in [1.82, 2.24) is 0 Å². The monoisotopic (exact) mass is 211 g/mol. The Morgan fingerprint density at radius 1 is 1.00 bits per heavy atom. The van der Waals surface area contributed by atoms with Gasteiger partial charge in [-0.2, -0.15) is 0 Å². The lowest BCUT2D eigenvalue weighted by Crippen LogP contribution is -2.20. The molecule has 0 saturated heterocycles. The minimum atomic E-state index is -0.912. The predicted octanol–water partition coefficient (Wildman–Crippen LogP) is 2.99. The lowest BCUT2D eigenvalue weighted by Gasteiger charge is -2.21. The third kappa shape index (κ3) is 1.88. The van der Waals surface area contributed by atoms with E-state index in [1.54, 1.807) is 24.4 Å². The largest absolute Gasteiger partial charge is 0.339 e. The van der Waals surface area contributed by atoms with Gasteiger partial charge in [-0.15, -0.1) is 0 Å². The van der Waals surface area contributed by atoms with E-state index in [2.05, 4.69) is 0 Å². The summed E-state index contributed by atoms with van der Waals surface area (Å²) in [5.74, 6) is -2.70. The van der Waals surface area contributed by atoms with Gasteiger partial charge in [0.1, 0.15) is 11.5 Å². The lowest BCUT2D eigenvalue weighted by molar-refractivity contribution is 0.543. The summed E-state index contributed by atoms with van der Waals surface area (Å²) >= 11 is 0. The molecular formula is C11H8F3N. The molecule has 1 aromatic rings. The van der Waals surface area contributed by atoms with Crippen LogP contribution in [0.4, 0.5) is 18.9 Å². The van der Waals surface area contributed by atoms with Gasteiger partial charge in [0.05, 0.1) is 0 Å². The quantitative estimate of drug-likeness (QED) is 0.690. The summed E-state index contributed by atoms with van der Waals surface area (Å²) in [6.07, 6.45) is 6.73. The fraction of sp³-hybridized carbons (Fsp3) is 0.0909. The molecule has 0 radical (unpaired) electrons. The molecule has 0 spiro atoms. The maximum Gasteiger partial charge on any atom is 0.152 e. The van der Waals surface area contributed by atoms with Crippen molar-refractivity contribution in [3.8, 4) is 0 Å². The highest BCUT2D eigenvalue weighted by Gasteiger charge is 2.16. The summed E-state index contributed by atoms with van der Waals surface area (Å²) in [5.41, 5.74) is -0.225. The molecule has 1 nitrogen and oxygen atoms in total. The highest BCUT2D eigenvalue weighted by molar-refractivity contribution is 5.53. The van der Waals surface area contributed by atoms with Crippen molar-refractivity contribution in [1.29, 1.82) is 0 Å². The van der Waals surface area contributed by atoms with Gasteiger partial charge in [0.15, 0.2) is 11.6 Å². The molecule has 4 heteroatoms. The molecule has 0 unspecified atom stereocenters. The van der Waals surface area contributed by atoms with Crippen molar-refractivity contribution in [2.45, 2.75) is 0 Å². The van der Waals surface area contributed by atoms with Crippen LogP contribution in [-0.2, 0) is 0 Å². The Labute approximate surface area is 85.1 Å². The van der Waals surface area contributed by atoms with Crippen LogP contribution in [-0.4, -0.2) is 6.54 Å². The Balaban J connectivity index is 2.43. The average Bonchev–Trinajstić information content (AvgIpc) is 2.17. The standard InChI is InChI=1S/C11H8F3N/c12-8-6-9(13)11(10(14)7-8)15-4-2-1-3-5-15/h1-4,6-7H,5H2. The van der Waals surface area contributed by atoms with Crippen molar-refractivity contribution < 1.29 is 13.2 Å². The first-order valence-corrected chi connectivity index (χ1v) is 4.43. The van der Waals surface area contributed by atoms with Gasteiger partial charge in [-0.25, -0.2) is 13.2 Å². The summed E-state index contributed by atoms with van der Waals surface area (Å²) in [5, 5.41) is 0. The van der Waals surface area contributed by atoms with E-state index >= 15 is 0 Å². The Hall–Kier alpha value is -1.71. The number of benzene rings is 1. The summed E-state index contributed by atoms with van der Waals surface area (Å²) < 4.78 is 39.3. The molecule has 0 amide bonds. The number of halogens is 3. The Kier molecular flexibility index (Phi) is 2.49. The first kappa shape index (κ1) is 9.83. The highest BCUT2D eigenvalue weighted by atomic mass is 19.1. The number of nitrogens with zero attached hydrogens (tertiary/aromatic N) is 1. The fourth-order valence-electron chi connectivity index (χ4n) is 1.44. The van der Waals surface area contributed by atoms with E-state index in [-0.39, 0.29) is 5.69 Å². The van der Waals surface area contributed by atoms with Crippen molar-refractivity contribution in [2.75, 3.05) is 11.4 Å². The third-order valence-corrected chi connectivity index (χ3v) is 2.08. The zero-order valence-electron chi connectivity index (χ0n) is 7.75. The van der Waals surface area contributed by atoms with Gasteiger partial charge in [0.2, 0.25) is 0 Å². The van der Waals surface area contributed by atoms with Crippen molar-refractivity contribution in [3.63, 3.8) is 0 Å². The minimum absolute atomic E-state index is 0.225. The van der Waals surface area contributed by atoms with Crippen LogP contribution in [0.5, 0.6) is 0 Å². The van der Waals surface area contributed by atoms with Gasteiger partial charge < -0.3 is 4.90 Å². The molecule has 0 bridgehead atoms. The molecule has 1 aliphatic heterocycles. The van der Waals surface area contributed by atoms with Gasteiger partial charge in [-0.3, -0.25) is 0 Å². The van der Waals surface area contributed by atoms with E-state index < -0.39 is 17.5 Å². The van der Waals surface area contributed by atoms with E-state index in [9.17, 15) is 13.2 Å². The molecule has 0 N–H and O–H groups in total. The van der Waals surface area contributed by atoms with Gasteiger partial charge in [-0.1, -0.05) is 12.2 Å². The van der Waals surface area contributed by atoms with Crippen LogP contribution in [0.25, 0.3) is 0 Å². The lowest BCUT2D eigenvalue weighted by atomic mass is 10.2. The van der Waals surface area contributed by atoms with Crippen molar-refractivity contribution in [3.05, 3.63) is 54.0 Å². The third-order valence-electron chi connectivity index (χ3n) is 2.08. The zero-order chi connectivity index (χ0) is 10.8. The molecule has 0 aromatic heterocycles. The van der Waals surface area contributed by atoms with Crippen LogP contribution in [0.3, 0.4) is 0 Å². The van der Waals surface area contributed by atoms with Crippen molar-refractivity contribution >= 4 is 5.69 Å². The molecule has 1 aromatic carbocycles. The van der Waals surface area contributed by atoms with Gasteiger partial charge in [-0.05, 0) is 6.08 Å². The molecule has 1 heterocycles. The predicted molar refractivity (Wildman–Crippen MR) is 51.9 cm³/mol. The zero-order valence-corrected chi connectivity index (χ0v) is 7.75. The number of hydrogen-bond acceptors (Lipinski definition) is 1. The topological polar surface area (TPSA) is 3.24 Å². The SMILES string of the molecule is Fc1cc(F)c(N2C=CC=CC2)c(F)c1. The summed E-state index contributed by atoms with van der Waals surface area (Å²) in [4.78, 5) is 1.38. The number of anilines is 1. The van der Waals surface area contributed by atoms with Crippen LogP contribution in [0.15, 0.2) is 36.6 Å².